The highest BCUT2D eigenvalue weighted by Crippen LogP contribution is 2.48. The maximum atomic E-state index is 5.97. The quantitative estimate of drug-likeness (QED) is 0.385. The van der Waals surface area contributed by atoms with Gasteiger partial charge < -0.3 is 11.1 Å². The summed E-state index contributed by atoms with van der Waals surface area (Å²) in [7, 11) is 0. The number of nitrogens with one attached hydrogen (secondary N) is 1. The van der Waals surface area contributed by atoms with Crippen LogP contribution in [0.1, 0.15) is 23.3 Å². The first-order valence-electron chi connectivity index (χ1n) is 7.50. The van der Waals surface area contributed by atoms with Gasteiger partial charge in [0.2, 0.25) is 0 Å². The topological polar surface area (TPSA) is 50.4 Å². The molecule has 1 fully saturated rings. The van der Waals surface area contributed by atoms with Crippen LogP contribution in [0.4, 0.5) is 0 Å². The second kappa shape index (κ2) is 8.35. The van der Waals surface area contributed by atoms with Crippen molar-refractivity contribution in [3.05, 3.63) is 57.2 Å². The SMILES string of the molecule is I.NC(=NCC1(c2ccc(Cl)cc2)CC1)NCCc1cccs1. The van der Waals surface area contributed by atoms with Crippen LogP contribution in [0, 0.1) is 0 Å². The number of nitrogens with zero attached hydrogens (tertiary/aromatic N) is 1. The summed E-state index contributed by atoms with van der Waals surface area (Å²) in [6.07, 6.45) is 3.32. The second-order valence-electron chi connectivity index (χ2n) is 5.74. The molecule has 1 aliphatic carbocycles. The zero-order chi connectivity index (χ0) is 15.4. The Bertz CT molecular complexity index is 636. The average molecular weight is 462 g/mol. The average Bonchev–Trinajstić information content (AvgIpc) is 3.13. The van der Waals surface area contributed by atoms with E-state index < -0.39 is 0 Å². The smallest absolute Gasteiger partial charge is 0.188 e. The maximum absolute atomic E-state index is 5.97. The highest BCUT2D eigenvalue weighted by molar-refractivity contribution is 14.0. The van der Waals surface area contributed by atoms with Crippen molar-refractivity contribution >= 4 is 52.9 Å². The van der Waals surface area contributed by atoms with Crippen molar-refractivity contribution in [1.29, 1.82) is 0 Å². The predicted molar refractivity (Wildman–Crippen MR) is 110 cm³/mol. The molecule has 1 aromatic heterocycles. The van der Waals surface area contributed by atoms with Crippen LogP contribution in [0.25, 0.3) is 0 Å². The fourth-order valence-electron chi connectivity index (χ4n) is 2.55. The molecule has 0 radical (unpaired) electrons. The van der Waals surface area contributed by atoms with E-state index in [2.05, 4.69) is 40.0 Å². The van der Waals surface area contributed by atoms with Gasteiger partial charge in [-0.1, -0.05) is 29.8 Å². The number of rotatable bonds is 6. The molecule has 0 amide bonds. The number of thiophene rings is 1. The Morgan fingerprint density at radius 2 is 2.00 bits per heavy atom. The lowest BCUT2D eigenvalue weighted by Gasteiger charge is -2.14. The van der Waals surface area contributed by atoms with Gasteiger partial charge in [0.15, 0.2) is 5.96 Å². The van der Waals surface area contributed by atoms with Gasteiger partial charge in [-0.2, -0.15) is 0 Å². The van der Waals surface area contributed by atoms with Crippen LogP contribution < -0.4 is 11.1 Å². The van der Waals surface area contributed by atoms with Gasteiger partial charge in [-0.15, -0.1) is 35.3 Å². The van der Waals surface area contributed by atoms with Crippen LogP contribution in [0.15, 0.2) is 46.8 Å². The number of benzene rings is 1. The lowest BCUT2D eigenvalue weighted by Crippen LogP contribution is -2.34. The van der Waals surface area contributed by atoms with Gasteiger partial charge in [-0.3, -0.25) is 4.99 Å². The minimum atomic E-state index is 0. The number of hydrogen-bond acceptors (Lipinski definition) is 2. The zero-order valence-electron chi connectivity index (χ0n) is 12.8. The number of guanidine groups is 1. The van der Waals surface area contributed by atoms with Crippen LogP contribution in [-0.2, 0) is 11.8 Å². The largest absolute Gasteiger partial charge is 0.370 e. The summed E-state index contributed by atoms with van der Waals surface area (Å²) in [5.74, 6) is 0.539. The van der Waals surface area contributed by atoms with Gasteiger partial charge in [0.05, 0.1) is 6.54 Å². The number of aliphatic imine (C=N–C) groups is 1. The summed E-state index contributed by atoms with van der Waals surface area (Å²) in [6.45, 7) is 1.57. The lowest BCUT2D eigenvalue weighted by atomic mass is 9.96. The third kappa shape index (κ3) is 5.09. The molecule has 0 aliphatic heterocycles. The molecule has 0 saturated heterocycles. The van der Waals surface area contributed by atoms with Gasteiger partial charge in [0, 0.05) is 21.9 Å². The van der Waals surface area contributed by atoms with E-state index in [1.165, 1.54) is 23.3 Å². The molecule has 1 heterocycles. The predicted octanol–water partition coefficient (Wildman–Crippen LogP) is 4.20. The van der Waals surface area contributed by atoms with Crippen LogP contribution in [-0.4, -0.2) is 19.0 Å². The Morgan fingerprint density at radius 1 is 1.26 bits per heavy atom. The van der Waals surface area contributed by atoms with Crippen molar-refractivity contribution < 1.29 is 0 Å². The van der Waals surface area contributed by atoms with Crippen LogP contribution in [0.2, 0.25) is 5.02 Å². The molecule has 3 nitrogen and oxygen atoms in total. The molecule has 0 spiro atoms. The molecular weight excluding hydrogens is 441 g/mol. The Balaban J connectivity index is 0.00000192. The summed E-state index contributed by atoms with van der Waals surface area (Å²) < 4.78 is 0. The molecule has 1 saturated carbocycles. The third-order valence-corrected chi connectivity index (χ3v) is 5.31. The van der Waals surface area contributed by atoms with Gasteiger partial charge in [0.25, 0.3) is 0 Å². The molecule has 3 rings (SSSR count). The van der Waals surface area contributed by atoms with Crippen molar-refractivity contribution in [2.75, 3.05) is 13.1 Å². The van der Waals surface area contributed by atoms with Gasteiger partial charge >= 0.3 is 0 Å². The first-order chi connectivity index (χ1) is 10.7. The monoisotopic (exact) mass is 461 g/mol. The number of halogens is 2. The van der Waals surface area contributed by atoms with E-state index in [4.69, 9.17) is 17.3 Å². The van der Waals surface area contributed by atoms with E-state index in [9.17, 15) is 0 Å². The van der Waals surface area contributed by atoms with Crippen molar-refractivity contribution in [1.82, 2.24) is 5.32 Å². The normalized spacial score (nSPS) is 15.8. The third-order valence-electron chi connectivity index (χ3n) is 4.12. The van der Waals surface area contributed by atoms with Gasteiger partial charge in [-0.25, -0.2) is 0 Å². The summed E-state index contributed by atoms with van der Waals surface area (Å²) in [4.78, 5) is 5.89. The Morgan fingerprint density at radius 3 is 2.61 bits per heavy atom. The van der Waals surface area contributed by atoms with Crippen molar-refractivity contribution in [3.8, 4) is 0 Å². The van der Waals surface area contributed by atoms with Crippen molar-refractivity contribution in [2.24, 2.45) is 10.7 Å². The first kappa shape index (κ1) is 18.5. The van der Waals surface area contributed by atoms with E-state index in [0.29, 0.717) is 5.96 Å². The van der Waals surface area contributed by atoms with E-state index in [1.807, 2.05) is 12.1 Å². The standard InChI is InChI=1S/C17H20ClN3S.HI/c18-14-5-3-13(4-6-14)17(8-9-17)12-21-16(19)20-10-7-15-2-1-11-22-15;/h1-6,11H,7-10,12H2,(H3,19,20,21);1H. The van der Waals surface area contributed by atoms with Gasteiger partial charge in [-0.05, 0) is 48.4 Å². The molecule has 3 N–H and O–H groups in total. The Kier molecular flexibility index (Phi) is 6.73. The molecule has 6 heteroatoms. The van der Waals surface area contributed by atoms with Crippen molar-refractivity contribution in [2.45, 2.75) is 24.7 Å². The first-order valence-corrected chi connectivity index (χ1v) is 8.76. The van der Waals surface area contributed by atoms with Crippen LogP contribution >= 0.6 is 46.9 Å². The van der Waals surface area contributed by atoms with E-state index in [1.54, 1.807) is 11.3 Å². The molecular formula is C17H21ClIN3S. The minimum Gasteiger partial charge on any atom is -0.370 e. The molecule has 0 unspecified atom stereocenters. The Hall–Kier alpha value is -0.790. The molecule has 0 bridgehead atoms. The number of nitrogens with two attached hydrogens (primary N) is 1. The molecule has 23 heavy (non-hydrogen) atoms. The summed E-state index contributed by atoms with van der Waals surface area (Å²) in [5.41, 5.74) is 7.45. The summed E-state index contributed by atoms with van der Waals surface area (Å²) >= 11 is 7.72. The highest BCUT2D eigenvalue weighted by atomic mass is 127. The van der Waals surface area contributed by atoms with Crippen molar-refractivity contribution in [3.63, 3.8) is 0 Å². The molecule has 1 aliphatic rings. The van der Waals surface area contributed by atoms with Gasteiger partial charge in [0.1, 0.15) is 0 Å². The van der Waals surface area contributed by atoms with E-state index in [-0.39, 0.29) is 29.4 Å². The highest BCUT2D eigenvalue weighted by Gasteiger charge is 2.44. The zero-order valence-corrected chi connectivity index (χ0v) is 16.7. The fourth-order valence-corrected chi connectivity index (χ4v) is 3.39. The van der Waals surface area contributed by atoms with E-state index >= 15 is 0 Å². The van der Waals surface area contributed by atoms with Crippen LogP contribution in [0.5, 0.6) is 0 Å². The summed E-state index contributed by atoms with van der Waals surface area (Å²) in [5, 5.41) is 6.06. The van der Waals surface area contributed by atoms with Crippen LogP contribution in [0.3, 0.4) is 0 Å². The molecule has 0 atom stereocenters. The minimum absolute atomic E-state index is 0. The molecule has 124 valence electrons. The maximum Gasteiger partial charge on any atom is 0.188 e. The lowest BCUT2D eigenvalue weighted by molar-refractivity contribution is 0.700. The second-order valence-corrected chi connectivity index (χ2v) is 7.21. The summed E-state index contributed by atoms with van der Waals surface area (Å²) in [6, 6.07) is 12.3. The molecule has 2 aromatic rings. The Labute approximate surface area is 163 Å². The molecule has 1 aromatic carbocycles. The van der Waals surface area contributed by atoms with E-state index in [0.717, 1.165) is 24.5 Å². The number of hydrogen-bond donors (Lipinski definition) is 2. The fraction of sp³-hybridized carbons (Fsp3) is 0.353.